The van der Waals surface area contributed by atoms with Gasteiger partial charge in [0.05, 0.1) is 11.9 Å². The minimum Gasteiger partial charge on any atom is -0.481 e. The maximum atomic E-state index is 11.0. The molecule has 1 aliphatic carbocycles. The number of carbonyl (C=O) groups is 1. The third-order valence-corrected chi connectivity index (χ3v) is 4.75. The van der Waals surface area contributed by atoms with E-state index >= 15 is 0 Å². The molecule has 1 aromatic carbocycles. The van der Waals surface area contributed by atoms with Crippen LogP contribution in [0.1, 0.15) is 63.0 Å². The van der Waals surface area contributed by atoms with Crippen molar-refractivity contribution in [2.75, 3.05) is 0 Å². The molecule has 0 bridgehead atoms. The normalized spacial score (nSPS) is 18.0. The summed E-state index contributed by atoms with van der Waals surface area (Å²) >= 11 is 0. The van der Waals surface area contributed by atoms with E-state index in [1.54, 1.807) is 0 Å². The van der Waals surface area contributed by atoms with Crippen LogP contribution in [0.2, 0.25) is 0 Å². The Morgan fingerprint density at radius 1 is 1.29 bits per heavy atom. The van der Waals surface area contributed by atoms with Gasteiger partial charge in [-0.1, -0.05) is 44.4 Å². The molecular formula is C18H23NO2. The van der Waals surface area contributed by atoms with Gasteiger partial charge in [0.15, 0.2) is 0 Å². The average molecular weight is 285 g/mol. The highest BCUT2D eigenvalue weighted by molar-refractivity contribution is 5.84. The standard InChI is InChI=1S/C18H23NO2/c1-13(12-17(20)21)16-9-5-6-14-10-11-19(18(14)16)15-7-3-2-4-8-15/h5-6,9-11,13,15H,2-4,7-8,12H2,1H3,(H,20,21). The second kappa shape index (κ2) is 5.92. The Morgan fingerprint density at radius 3 is 2.76 bits per heavy atom. The van der Waals surface area contributed by atoms with Gasteiger partial charge in [0.1, 0.15) is 0 Å². The minimum absolute atomic E-state index is 0.0449. The maximum Gasteiger partial charge on any atom is 0.303 e. The fraction of sp³-hybridized carbons (Fsp3) is 0.500. The van der Waals surface area contributed by atoms with Gasteiger partial charge in [-0.3, -0.25) is 4.79 Å². The predicted molar refractivity (Wildman–Crippen MR) is 84.7 cm³/mol. The topological polar surface area (TPSA) is 42.2 Å². The molecule has 1 N–H and O–H groups in total. The van der Waals surface area contributed by atoms with Crippen LogP contribution < -0.4 is 0 Å². The fourth-order valence-corrected chi connectivity index (χ4v) is 3.68. The molecule has 3 rings (SSSR count). The summed E-state index contributed by atoms with van der Waals surface area (Å²) in [5.74, 6) is -0.682. The second-order valence-electron chi connectivity index (χ2n) is 6.30. The van der Waals surface area contributed by atoms with Gasteiger partial charge in [-0.05, 0) is 35.8 Å². The largest absolute Gasteiger partial charge is 0.481 e. The van der Waals surface area contributed by atoms with Crippen molar-refractivity contribution in [1.29, 1.82) is 0 Å². The minimum atomic E-state index is -0.727. The lowest BCUT2D eigenvalue weighted by molar-refractivity contribution is -0.137. The molecule has 0 radical (unpaired) electrons. The number of aliphatic carboxylic acids is 1. The highest BCUT2D eigenvalue weighted by Gasteiger charge is 2.20. The molecular weight excluding hydrogens is 262 g/mol. The molecule has 1 aromatic heterocycles. The van der Waals surface area contributed by atoms with Crippen molar-refractivity contribution in [1.82, 2.24) is 4.57 Å². The van der Waals surface area contributed by atoms with Crippen LogP contribution in [0.15, 0.2) is 30.5 Å². The first-order chi connectivity index (χ1) is 10.2. The van der Waals surface area contributed by atoms with Gasteiger partial charge < -0.3 is 9.67 Å². The zero-order valence-electron chi connectivity index (χ0n) is 12.6. The number of para-hydroxylation sites is 1. The van der Waals surface area contributed by atoms with Crippen LogP contribution in [0.4, 0.5) is 0 Å². The molecule has 1 unspecified atom stereocenters. The van der Waals surface area contributed by atoms with Crippen molar-refractivity contribution in [3.8, 4) is 0 Å². The molecule has 1 saturated carbocycles. The van der Waals surface area contributed by atoms with Crippen LogP contribution in [0.25, 0.3) is 10.9 Å². The van der Waals surface area contributed by atoms with Crippen LogP contribution in [-0.2, 0) is 4.79 Å². The van der Waals surface area contributed by atoms with Crippen molar-refractivity contribution in [3.05, 3.63) is 36.0 Å². The molecule has 1 atom stereocenters. The van der Waals surface area contributed by atoms with E-state index in [2.05, 4.69) is 29.0 Å². The Balaban J connectivity index is 2.03. The first-order valence-corrected chi connectivity index (χ1v) is 7.98. The molecule has 1 aliphatic rings. The van der Waals surface area contributed by atoms with E-state index in [-0.39, 0.29) is 12.3 Å². The van der Waals surface area contributed by atoms with Crippen LogP contribution in [0, 0.1) is 0 Å². The third-order valence-electron chi connectivity index (χ3n) is 4.75. The number of nitrogens with zero attached hydrogens (tertiary/aromatic N) is 1. The van der Waals surface area contributed by atoms with Crippen molar-refractivity contribution in [2.24, 2.45) is 0 Å². The molecule has 112 valence electrons. The summed E-state index contributed by atoms with van der Waals surface area (Å²) in [7, 11) is 0. The van der Waals surface area contributed by atoms with Gasteiger partial charge >= 0.3 is 5.97 Å². The SMILES string of the molecule is CC(CC(=O)O)c1cccc2ccn(C3CCCCC3)c12. The predicted octanol–water partition coefficient (Wildman–Crippen LogP) is 4.72. The van der Waals surface area contributed by atoms with Crippen molar-refractivity contribution in [2.45, 2.75) is 57.4 Å². The summed E-state index contributed by atoms with van der Waals surface area (Å²) in [6.07, 6.45) is 8.82. The summed E-state index contributed by atoms with van der Waals surface area (Å²) in [5.41, 5.74) is 2.42. The third kappa shape index (κ3) is 2.82. The van der Waals surface area contributed by atoms with E-state index < -0.39 is 5.97 Å². The maximum absolute atomic E-state index is 11.0. The van der Waals surface area contributed by atoms with Crippen LogP contribution >= 0.6 is 0 Å². The summed E-state index contributed by atoms with van der Waals surface area (Å²) < 4.78 is 2.40. The molecule has 0 saturated heterocycles. The number of aromatic nitrogens is 1. The lowest BCUT2D eigenvalue weighted by Crippen LogP contribution is -2.13. The van der Waals surface area contributed by atoms with Crippen molar-refractivity contribution < 1.29 is 9.90 Å². The lowest BCUT2D eigenvalue weighted by Gasteiger charge is -2.25. The van der Waals surface area contributed by atoms with Crippen LogP contribution in [0.3, 0.4) is 0 Å². The zero-order valence-corrected chi connectivity index (χ0v) is 12.6. The highest BCUT2D eigenvalue weighted by atomic mass is 16.4. The Bertz CT molecular complexity index is 638. The lowest BCUT2D eigenvalue weighted by atomic mass is 9.93. The molecule has 1 heterocycles. The van der Waals surface area contributed by atoms with E-state index in [9.17, 15) is 4.79 Å². The molecule has 3 heteroatoms. The number of fused-ring (bicyclic) bond motifs is 1. The molecule has 3 nitrogen and oxygen atoms in total. The number of hydrogen-bond acceptors (Lipinski definition) is 1. The number of benzene rings is 1. The number of carboxylic acids is 1. The summed E-state index contributed by atoms with van der Waals surface area (Å²) in [6, 6.07) is 9.01. The van der Waals surface area contributed by atoms with E-state index in [1.807, 2.05) is 13.0 Å². The summed E-state index contributed by atoms with van der Waals surface area (Å²) in [5, 5.41) is 10.3. The average Bonchev–Trinajstić information content (AvgIpc) is 2.91. The van der Waals surface area contributed by atoms with Gasteiger partial charge in [0.25, 0.3) is 0 Å². The summed E-state index contributed by atoms with van der Waals surface area (Å²) in [4.78, 5) is 11.0. The number of rotatable bonds is 4. The first-order valence-electron chi connectivity index (χ1n) is 7.98. The Hall–Kier alpha value is -1.77. The van der Waals surface area contributed by atoms with E-state index in [1.165, 1.54) is 48.6 Å². The van der Waals surface area contributed by atoms with Gasteiger partial charge in [0.2, 0.25) is 0 Å². The Morgan fingerprint density at radius 2 is 2.05 bits per heavy atom. The molecule has 1 fully saturated rings. The second-order valence-corrected chi connectivity index (χ2v) is 6.30. The highest BCUT2D eigenvalue weighted by Crippen LogP contribution is 2.35. The van der Waals surface area contributed by atoms with Crippen molar-refractivity contribution >= 4 is 16.9 Å². The van der Waals surface area contributed by atoms with E-state index in [0.29, 0.717) is 6.04 Å². The van der Waals surface area contributed by atoms with E-state index in [0.717, 1.165) is 0 Å². The monoisotopic (exact) mass is 285 g/mol. The van der Waals surface area contributed by atoms with Gasteiger partial charge in [0, 0.05) is 12.2 Å². The van der Waals surface area contributed by atoms with Gasteiger partial charge in [-0.2, -0.15) is 0 Å². The molecule has 0 aliphatic heterocycles. The fourth-order valence-electron chi connectivity index (χ4n) is 3.68. The smallest absolute Gasteiger partial charge is 0.303 e. The number of carboxylic acid groups (broad SMARTS) is 1. The van der Waals surface area contributed by atoms with Crippen LogP contribution in [0.5, 0.6) is 0 Å². The Kier molecular flexibility index (Phi) is 4.00. The summed E-state index contributed by atoms with van der Waals surface area (Å²) in [6.45, 7) is 2.01. The van der Waals surface area contributed by atoms with Crippen molar-refractivity contribution in [3.63, 3.8) is 0 Å². The van der Waals surface area contributed by atoms with Gasteiger partial charge in [-0.15, -0.1) is 0 Å². The van der Waals surface area contributed by atoms with E-state index in [4.69, 9.17) is 5.11 Å². The quantitative estimate of drug-likeness (QED) is 0.882. The Labute approximate surface area is 125 Å². The van der Waals surface area contributed by atoms with Crippen LogP contribution in [-0.4, -0.2) is 15.6 Å². The molecule has 2 aromatic rings. The first kappa shape index (κ1) is 14.2. The molecule has 21 heavy (non-hydrogen) atoms. The zero-order chi connectivity index (χ0) is 14.8. The molecule has 0 amide bonds. The molecule has 0 spiro atoms. The van der Waals surface area contributed by atoms with Gasteiger partial charge in [-0.25, -0.2) is 0 Å². The number of hydrogen-bond donors (Lipinski definition) is 1.